The second-order valence-electron chi connectivity index (χ2n) is 7.57. The summed E-state index contributed by atoms with van der Waals surface area (Å²) in [6, 6.07) is 0. The number of hydrogen-bond donors (Lipinski definition) is 2. The van der Waals surface area contributed by atoms with Crippen LogP contribution in [0.5, 0.6) is 0 Å². The van der Waals surface area contributed by atoms with Crippen LogP contribution in [0, 0.1) is 5.92 Å². The number of esters is 1. The summed E-state index contributed by atoms with van der Waals surface area (Å²) in [5.41, 5.74) is 3.90. The molecule has 0 saturated heterocycles. The van der Waals surface area contributed by atoms with Crippen LogP contribution in [0.2, 0.25) is 0 Å². The van der Waals surface area contributed by atoms with Gasteiger partial charge in [-0.25, -0.2) is 0 Å². The Morgan fingerprint density at radius 3 is 2.38 bits per heavy atom. The fraction of sp³-hybridized carbons (Fsp3) is 0.591. The average Bonchev–Trinajstić information content (AvgIpc) is 2.52. The van der Waals surface area contributed by atoms with Crippen molar-refractivity contribution in [2.75, 3.05) is 0 Å². The number of ether oxygens (including phenoxy) is 1. The fourth-order valence-electron chi connectivity index (χ4n) is 3.08. The topological polar surface area (TPSA) is 66.8 Å². The predicted octanol–water partition coefficient (Wildman–Crippen LogP) is 4.25. The predicted molar refractivity (Wildman–Crippen MR) is 106 cm³/mol. The standard InChI is InChI=1S/C22H34O4/c1-14(2)19-11-10-15(3)8-7-9-17(5)22(25)20(24)12-16(4)13-21(19)26-18(6)23/h9-12,14,20-22,24-25H,7-8,13H2,1-6H3/b15-10+,16-12+,17-9+,19-11+. The van der Waals surface area contributed by atoms with Crippen molar-refractivity contribution in [1.82, 2.24) is 0 Å². The van der Waals surface area contributed by atoms with Crippen molar-refractivity contribution in [2.24, 2.45) is 5.92 Å². The van der Waals surface area contributed by atoms with Crippen molar-refractivity contribution in [3.63, 3.8) is 0 Å². The van der Waals surface area contributed by atoms with Gasteiger partial charge in [-0.1, -0.05) is 49.3 Å². The van der Waals surface area contributed by atoms with Crippen molar-refractivity contribution >= 4 is 5.97 Å². The Morgan fingerprint density at radius 2 is 1.81 bits per heavy atom. The fourth-order valence-corrected chi connectivity index (χ4v) is 3.08. The lowest BCUT2D eigenvalue weighted by molar-refractivity contribution is -0.144. The first-order valence-electron chi connectivity index (χ1n) is 9.36. The van der Waals surface area contributed by atoms with Gasteiger partial charge < -0.3 is 14.9 Å². The summed E-state index contributed by atoms with van der Waals surface area (Å²) >= 11 is 0. The van der Waals surface area contributed by atoms with Crippen LogP contribution < -0.4 is 0 Å². The molecule has 4 heteroatoms. The second kappa shape index (κ2) is 10.5. The molecule has 0 fully saturated rings. The summed E-state index contributed by atoms with van der Waals surface area (Å²) in [7, 11) is 0. The second-order valence-corrected chi connectivity index (χ2v) is 7.57. The Labute approximate surface area is 158 Å². The Morgan fingerprint density at radius 1 is 1.15 bits per heavy atom. The van der Waals surface area contributed by atoms with E-state index in [-0.39, 0.29) is 18.0 Å². The molecule has 146 valence electrons. The third-order valence-electron chi connectivity index (χ3n) is 4.66. The quantitative estimate of drug-likeness (QED) is 0.569. The number of aliphatic hydroxyl groups excluding tert-OH is 2. The molecule has 4 nitrogen and oxygen atoms in total. The van der Waals surface area contributed by atoms with Crippen molar-refractivity contribution in [1.29, 1.82) is 0 Å². The molecule has 0 heterocycles. The minimum atomic E-state index is -0.977. The molecule has 0 saturated carbocycles. The molecule has 26 heavy (non-hydrogen) atoms. The molecule has 0 radical (unpaired) electrons. The minimum Gasteiger partial charge on any atom is -0.458 e. The first-order valence-corrected chi connectivity index (χ1v) is 9.36. The van der Waals surface area contributed by atoms with Gasteiger partial charge >= 0.3 is 5.97 Å². The molecule has 0 bridgehead atoms. The lowest BCUT2D eigenvalue weighted by Crippen LogP contribution is -2.26. The molecular weight excluding hydrogens is 328 g/mol. The van der Waals surface area contributed by atoms with E-state index < -0.39 is 12.2 Å². The van der Waals surface area contributed by atoms with Crippen LogP contribution in [0.25, 0.3) is 0 Å². The van der Waals surface area contributed by atoms with Crippen LogP contribution >= 0.6 is 0 Å². The smallest absolute Gasteiger partial charge is 0.303 e. The van der Waals surface area contributed by atoms with Crippen molar-refractivity contribution < 1.29 is 19.7 Å². The van der Waals surface area contributed by atoms with Gasteiger partial charge in [-0.2, -0.15) is 0 Å². The molecule has 0 amide bonds. The van der Waals surface area contributed by atoms with Crippen LogP contribution in [0.3, 0.4) is 0 Å². The van der Waals surface area contributed by atoms with Gasteiger partial charge in [-0.3, -0.25) is 4.79 Å². The zero-order chi connectivity index (χ0) is 19.9. The van der Waals surface area contributed by atoms with Gasteiger partial charge in [0.2, 0.25) is 0 Å². The first kappa shape index (κ1) is 22.4. The van der Waals surface area contributed by atoms with Gasteiger partial charge in [0.15, 0.2) is 0 Å². The number of carbonyl (C=O) groups is 1. The van der Waals surface area contributed by atoms with E-state index in [9.17, 15) is 15.0 Å². The first-order chi connectivity index (χ1) is 12.1. The van der Waals surface area contributed by atoms with Gasteiger partial charge in [0, 0.05) is 13.3 Å². The SMILES string of the molecule is CC(=O)OC1C/C(C)=C/C(O)C(O)/C(C)=C/CC/C(C)=C/C=C/1C(C)C. The maximum absolute atomic E-state index is 11.6. The molecular formula is C22H34O4. The number of allylic oxidation sites excluding steroid dienone is 4. The molecule has 0 spiro atoms. The Bertz CT molecular complexity index is 608. The molecule has 0 aromatic heterocycles. The molecule has 1 rings (SSSR count). The molecule has 3 atom stereocenters. The highest BCUT2D eigenvalue weighted by molar-refractivity contribution is 5.66. The summed E-state index contributed by atoms with van der Waals surface area (Å²) in [6.07, 6.45) is 7.67. The van der Waals surface area contributed by atoms with E-state index in [1.54, 1.807) is 6.08 Å². The largest absolute Gasteiger partial charge is 0.458 e. The molecule has 3 unspecified atom stereocenters. The van der Waals surface area contributed by atoms with Crippen LogP contribution in [0.4, 0.5) is 0 Å². The lowest BCUT2D eigenvalue weighted by Gasteiger charge is -2.24. The number of aliphatic hydroxyl groups is 2. The monoisotopic (exact) mass is 362 g/mol. The Hall–Kier alpha value is -1.65. The third kappa shape index (κ3) is 7.30. The molecule has 0 aromatic carbocycles. The van der Waals surface area contributed by atoms with E-state index in [1.807, 2.05) is 19.9 Å². The maximum atomic E-state index is 11.6. The van der Waals surface area contributed by atoms with Crippen LogP contribution in [0.15, 0.2) is 46.6 Å². The van der Waals surface area contributed by atoms with E-state index >= 15 is 0 Å². The van der Waals surface area contributed by atoms with Crippen molar-refractivity contribution in [3.8, 4) is 0 Å². The van der Waals surface area contributed by atoms with Gasteiger partial charge in [-0.15, -0.1) is 0 Å². The van der Waals surface area contributed by atoms with Crippen molar-refractivity contribution in [3.05, 3.63) is 46.6 Å². The van der Waals surface area contributed by atoms with Crippen LogP contribution in [-0.4, -0.2) is 34.5 Å². The maximum Gasteiger partial charge on any atom is 0.303 e. The summed E-state index contributed by atoms with van der Waals surface area (Å²) in [6.45, 7) is 11.4. The van der Waals surface area contributed by atoms with Gasteiger partial charge in [0.1, 0.15) is 18.3 Å². The minimum absolute atomic E-state index is 0.224. The van der Waals surface area contributed by atoms with E-state index in [1.165, 1.54) is 12.5 Å². The summed E-state index contributed by atoms with van der Waals surface area (Å²) < 4.78 is 5.58. The number of hydrogen-bond acceptors (Lipinski definition) is 4. The zero-order valence-corrected chi connectivity index (χ0v) is 17.0. The summed E-state index contributed by atoms with van der Waals surface area (Å²) in [5.74, 6) is -0.0997. The molecule has 0 aromatic rings. The van der Waals surface area contributed by atoms with Gasteiger partial charge in [0.05, 0.1) is 0 Å². The Kier molecular flexibility index (Phi) is 9.03. The number of carbonyl (C=O) groups excluding carboxylic acids is 1. The number of rotatable bonds is 2. The highest BCUT2D eigenvalue weighted by atomic mass is 16.5. The van der Waals surface area contributed by atoms with E-state index in [2.05, 4.69) is 32.9 Å². The molecule has 0 aliphatic heterocycles. The lowest BCUT2D eigenvalue weighted by atomic mass is 9.91. The third-order valence-corrected chi connectivity index (χ3v) is 4.66. The van der Waals surface area contributed by atoms with E-state index in [4.69, 9.17) is 4.74 Å². The van der Waals surface area contributed by atoms with Gasteiger partial charge in [-0.05, 0) is 50.7 Å². The normalized spacial score (nSPS) is 34.3. The Balaban J connectivity index is 3.32. The van der Waals surface area contributed by atoms with Crippen LogP contribution in [0.1, 0.15) is 60.8 Å². The highest BCUT2D eigenvalue weighted by Gasteiger charge is 2.22. The average molecular weight is 363 g/mol. The van der Waals surface area contributed by atoms with E-state index in [0.29, 0.717) is 6.42 Å². The zero-order valence-electron chi connectivity index (χ0n) is 17.0. The molecule has 2 N–H and O–H groups in total. The van der Waals surface area contributed by atoms with Gasteiger partial charge in [0.25, 0.3) is 0 Å². The van der Waals surface area contributed by atoms with Crippen molar-refractivity contribution in [2.45, 2.75) is 79.1 Å². The molecule has 1 aliphatic carbocycles. The molecule has 1 aliphatic rings. The van der Waals surface area contributed by atoms with Crippen LogP contribution in [-0.2, 0) is 9.53 Å². The summed E-state index contributed by atoms with van der Waals surface area (Å²) in [5, 5.41) is 20.6. The highest BCUT2D eigenvalue weighted by Crippen LogP contribution is 2.25. The van der Waals surface area contributed by atoms with E-state index in [0.717, 1.165) is 29.6 Å². The summed E-state index contributed by atoms with van der Waals surface area (Å²) in [4.78, 5) is 11.6.